The first-order valence-electron chi connectivity index (χ1n) is 8.69. The van der Waals surface area contributed by atoms with E-state index in [1.54, 1.807) is 11.9 Å². The summed E-state index contributed by atoms with van der Waals surface area (Å²) in [7, 11) is 1.62. The maximum Gasteiger partial charge on any atom is 0.303 e. The van der Waals surface area contributed by atoms with Crippen LogP contribution < -0.4 is 4.90 Å². The summed E-state index contributed by atoms with van der Waals surface area (Å²) in [4.78, 5) is 38.8. The SMILES string of the molecule is CC(C)c1ccc(N2CCC(C(=O)N(C)CCCC(=O)O)C2=O)cc1. The Balaban J connectivity index is 1.98. The number of carbonyl (C=O) groups excluding carboxylic acids is 2. The molecule has 0 radical (unpaired) electrons. The van der Waals surface area contributed by atoms with Crippen LogP contribution in [0.2, 0.25) is 0 Å². The van der Waals surface area contributed by atoms with Gasteiger partial charge in [-0.25, -0.2) is 0 Å². The van der Waals surface area contributed by atoms with Crippen LogP contribution in [0.3, 0.4) is 0 Å². The summed E-state index contributed by atoms with van der Waals surface area (Å²) < 4.78 is 0. The van der Waals surface area contributed by atoms with Crippen LogP contribution in [-0.4, -0.2) is 47.9 Å². The van der Waals surface area contributed by atoms with Crippen LogP contribution in [0.1, 0.15) is 44.6 Å². The van der Waals surface area contributed by atoms with Crippen LogP contribution in [0, 0.1) is 5.92 Å². The van der Waals surface area contributed by atoms with Crippen molar-refractivity contribution in [3.8, 4) is 0 Å². The zero-order valence-electron chi connectivity index (χ0n) is 15.1. The van der Waals surface area contributed by atoms with Gasteiger partial charge in [0.1, 0.15) is 5.92 Å². The number of benzene rings is 1. The number of carboxylic acid groups (broad SMARTS) is 1. The summed E-state index contributed by atoms with van der Waals surface area (Å²) in [6.45, 7) is 5.10. The number of amides is 2. The molecule has 1 aromatic carbocycles. The van der Waals surface area contributed by atoms with Gasteiger partial charge in [0.05, 0.1) is 0 Å². The molecule has 25 heavy (non-hydrogen) atoms. The fraction of sp³-hybridized carbons (Fsp3) is 0.526. The first kappa shape index (κ1) is 19.0. The summed E-state index contributed by atoms with van der Waals surface area (Å²) >= 11 is 0. The molecule has 0 aromatic heterocycles. The molecular weight excluding hydrogens is 320 g/mol. The average molecular weight is 346 g/mol. The van der Waals surface area contributed by atoms with Gasteiger partial charge in [0.25, 0.3) is 0 Å². The summed E-state index contributed by atoms with van der Waals surface area (Å²) in [5.74, 6) is -1.52. The fourth-order valence-corrected chi connectivity index (χ4v) is 3.05. The van der Waals surface area contributed by atoms with Gasteiger partial charge in [-0.3, -0.25) is 14.4 Å². The molecule has 1 atom stereocenters. The molecule has 2 rings (SSSR count). The Bertz CT molecular complexity index is 639. The van der Waals surface area contributed by atoms with E-state index in [1.807, 2.05) is 24.3 Å². The molecule has 136 valence electrons. The van der Waals surface area contributed by atoms with Crippen molar-refractivity contribution in [1.82, 2.24) is 4.90 Å². The second-order valence-electron chi connectivity index (χ2n) is 6.83. The molecule has 6 heteroatoms. The lowest BCUT2D eigenvalue weighted by molar-refractivity contribution is -0.141. The number of hydrogen-bond donors (Lipinski definition) is 1. The third-order valence-electron chi connectivity index (χ3n) is 4.64. The van der Waals surface area contributed by atoms with E-state index in [0.717, 1.165) is 5.69 Å². The molecule has 6 nitrogen and oxygen atoms in total. The smallest absolute Gasteiger partial charge is 0.303 e. The molecule has 1 aliphatic heterocycles. The Morgan fingerprint density at radius 1 is 1.28 bits per heavy atom. The highest BCUT2D eigenvalue weighted by molar-refractivity contribution is 6.09. The zero-order valence-corrected chi connectivity index (χ0v) is 15.1. The number of carboxylic acids is 1. The Morgan fingerprint density at radius 3 is 2.48 bits per heavy atom. The molecule has 1 N–H and O–H groups in total. The van der Waals surface area contributed by atoms with Crippen molar-refractivity contribution >= 4 is 23.5 Å². The normalized spacial score (nSPS) is 17.2. The van der Waals surface area contributed by atoms with Crippen molar-refractivity contribution in [2.45, 2.75) is 39.0 Å². The van der Waals surface area contributed by atoms with E-state index in [9.17, 15) is 14.4 Å². The first-order valence-corrected chi connectivity index (χ1v) is 8.69. The summed E-state index contributed by atoms with van der Waals surface area (Å²) in [6, 6.07) is 7.88. The third kappa shape index (κ3) is 4.59. The number of anilines is 1. The van der Waals surface area contributed by atoms with Gasteiger partial charge in [-0.15, -0.1) is 0 Å². The van der Waals surface area contributed by atoms with Crippen LogP contribution in [0.5, 0.6) is 0 Å². The second-order valence-corrected chi connectivity index (χ2v) is 6.83. The molecule has 1 unspecified atom stereocenters. The van der Waals surface area contributed by atoms with Crippen molar-refractivity contribution in [2.24, 2.45) is 5.92 Å². The van der Waals surface area contributed by atoms with Gasteiger partial charge in [0.2, 0.25) is 11.8 Å². The van der Waals surface area contributed by atoms with E-state index in [-0.39, 0.29) is 18.2 Å². The lowest BCUT2D eigenvalue weighted by atomic mass is 10.0. The molecule has 1 fully saturated rings. The lowest BCUT2D eigenvalue weighted by Gasteiger charge is -2.21. The average Bonchev–Trinajstić information content (AvgIpc) is 2.95. The number of hydrogen-bond acceptors (Lipinski definition) is 3. The molecule has 0 bridgehead atoms. The molecular formula is C19H26N2O4. The lowest BCUT2D eigenvalue weighted by Crippen LogP contribution is -2.38. The Morgan fingerprint density at radius 2 is 1.92 bits per heavy atom. The zero-order chi connectivity index (χ0) is 18.6. The van der Waals surface area contributed by atoms with E-state index in [4.69, 9.17) is 5.11 Å². The van der Waals surface area contributed by atoms with Gasteiger partial charge in [-0.05, 0) is 36.5 Å². The fourth-order valence-electron chi connectivity index (χ4n) is 3.05. The van der Waals surface area contributed by atoms with Crippen LogP contribution >= 0.6 is 0 Å². The topological polar surface area (TPSA) is 77.9 Å². The van der Waals surface area contributed by atoms with Gasteiger partial charge < -0.3 is 14.9 Å². The van der Waals surface area contributed by atoms with Crippen LogP contribution in [0.4, 0.5) is 5.69 Å². The van der Waals surface area contributed by atoms with Crippen molar-refractivity contribution in [2.75, 3.05) is 25.0 Å². The van der Waals surface area contributed by atoms with Gasteiger partial charge in [-0.2, -0.15) is 0 Å². The largest absolute Gasteiger partial charge is 0.481 e. The Kier molecular flexibility index (Phi) is 6.17. The predicted octanol–water partition coefficient (Wildman–Crippen LogP) is 2.49. The minimum atomic E-state index is -0.881. The van der Waals surface area contributed by atoms with Crippen molar-refractivity contribution in [1.29, 1.82) is 0 Å². The Labute approximate surface area is 148 Å². The Hall–Kier alpha value is -2.37. The van der Waals surface area contributed by atoms with Crippen LogP contribution in [0.25, 0.3) is 0 Å². The molecule has 0 spiro atoms. The summed E-state index contributed by atoms with van der Waals surface area (Å²) in [5, 5.41) is 8.67. The molecule has 0 saturated carbocycles. The highest BCUT2D eigenvalue weighted by Crippen LogP contribution is 2.27. The highest BCUT2D eigenvalue weighted by Gasteiger charge is 2.38. The molecule has 1 saturated heterocycles. The van der Waals surface area contributed by atoms with E-state index in [0.29, 0.717) is 31.8 Å². The van der Waals surface area contributed by atoms with Gasteiger partial charge in [-0.1, -0.05) is 26.0 Å². The van der Waals surface area contributed by atoms with E-state index >= 15 is 0 Å². The minimum absolute atomic E-state index is 0.0184. The van der Waals surface area contributed by atoms with Crippen LogP contribution in [0.15, 0.2) is 24.3 Å². The van der Waals surface area contributed by atoms with Crippen molar-refractivity contribution in [3.05, 3.63) is 29.8 Å². The summed E-state index contributed by atoms with van der Waals surface area (Å²) in [5.41, 5.74) is 2.03. The minimum Gasteiger partial charge on any atom is -0.481 e. The number of aliphatic carboxylic acids is 1. The number of carbonyl (C=O) groups is 3. The molecule has 1 aliphatic rings. The molecule has 1 aromatic rings. The van der Waals surface area contributed by atoms with E-state index < -0.39 is 11.9 Å². The van der Waals surface area contributed by atoms with Gasteiger partial charge in [0.15, 0.2) is 0 Å². The predicted molar refractivity (Wildman–Crippen MR) is 95.5 cm³/mol. The van der Waals surface area contributed by atoms with Gasteiger partial charge >= 0.3 is 5.97 Å². The maximum atomic E-state index is 12.6. The molecule has 2 amide bonds. The number of nitrogens with zero attached hydrogens (tertiary/aromatic N) is 2. The first-order chi connectivity index (χ1) is 11.8. The second kappa shape index (κ2) is 8.14. The monoisotopic (exact) mass is 346 g/mol. The molecule has 1 heterocycles. The standard InChI is InChI=1S/C19H26N2O4/c1-13(2)14-6-8-15(9-7-14)21-12-10-16(19(21)25)18(24)20(3)11-4-5-17(22)23/h6-9,13,16H,4-5,10-12H2,1-3H3,(H,22,23). The maximum absolute atomic E-state index is 12.6. The van der Waals surface area contributed by atoms with Crippen molar-refractivity contribution < 1.29 is 19.5 Å². The third-order valence-corrected chi connectivity index (χ3v) is 4.64. The highest BCUT2D eigenvalue weighted by atomic mass is 16.4. The molecule has 0 aliphatic carbocycles. The van der Waals surface area contributed by atoms with Crippen molar-refractivity contribution in [3.63, 3.8) is 0 Å². The van der Waals surface area contributed by atoms with E-state index in [1.165, 1.54) is 10.5 Å². The quantitative estimate of drug-likeness (QED) is 0.770. The summed E-state index contributed by atoms with van der Waals surface area (Å²) in [6.07, 6.45) is 0.899. The van der Waals surface area contributed by atoms with E-state index in [2.05, 4.69) is 13.8 Å². The van der Waals surface area contributed by atoms with Gasteiger partial charge in [0, 0.05) is 32.2 Å². The van der Waals surface area contributed by atoms with Crippen LogP contribution in [-0.2, 0) is 14.4 Å². The number of rotatable bonds is 7.